The second-order valence-electron chi connectivity index (χ2n) is 6.88. The molecule has 3 rings (SSSR count). The second kappa shape index (κ2) is 8.14. The molecule has 0 unspecified atom stereocenters. The predicted molar refractivity (Wildman–Crippen MR) is 113 cm³/mol. The van der Waals surface area contributed by atoms with Crippen molar-refractivity contribution < 1.29 is 14.3 Å². The molecule has 0 aromatic carbocycles. The summed E-state index contributed by atoms with van der Waals surface area (Å²) in [6.45, 7) is 7.79. The Hall–Kier alpha value is -2.03. The van der Waals surface area contributed by atoms with Crippen molar-refractivity contribution in [2.75, 3.05) is 20.3 Å². The van der Waals surface area contributed by atoms with E-state index >= 15 is 0 Å². The molecule has 150 valence electrons. The number of hydrogen-bond donors (Lipinski definition) is 0. The van der Waals surface area contributed by atoms with E-state index in [0.717, 1.165) is 15.3 Å². The van der Waals surface area contributed by atoms with E-state index in [0.29, 0.717) is 29.1 Å². The fourth-order valence-electron chi connectivity index (χ4n) is 3.26. The molecule has 0 atom stereocenters. The smallest absolute Gasteiger partial charge is 0.331 e. The molecule has 0 aliphatic heterocycles. The summed E-state index contributed by atoms with van der Waals surface area (Å²) < 4.78 is 11.9. The SMILES string of the molecule is CCOC(=O)C(C)(C)n1c(CCOC)nc2sc(C)c(-c3cccs3)c2c1=O. The minimum absolute atomic E-state index is 0.220. The van der Waals surface area contributed by atoms with Crippen LogP contribution in [0.5, 0.6) is 0 Å². The first kappa shape index (κ1) is 20.7. The third-order valence-corrected chi connectivity index (χ3v) is 6.49. The summed E-state index contributed by atoms with van der Waals surface area (Å²) in [5.74, 6) is 0.0675. The van der Waals surface area contributed by atoms with Gasteiger partial charge in [0.1, 0.15) is 16.2 Å². The van der Waals surface area contributed by atoms with E-state index in [1.807, 2.05) is 24.4 Å². The van der Waals surface area contributed by atoms with Crippen LogP contribution >= 0.6 is 22.7 Å². The van der Waals surface area contributed by atoms with E-state index in [-0.39, 0.29) is 12.2 Å². The van der Waals surface area contributed by atoms with Crippen LogP contribution in [-0.4, -0.2) is 35.8 Å². The van der Waals surface area contributed by atoms with Crippen LogP contribution in [0.3, 0.4) is 0 Å². The van der Waals surface area contributed by atoms with Crippen LogP contribution in [0.4, 0.5) is 0 Å². The van der Waals surface area contributed by atoms with E-state index in [1.54, 1.807) is 39.2 Å². The maximum absolute atomic E-state index is 13.7. The van der Waals surface area contributed by atoms with E-state index < -0.39 is 11.5 Å². The zero-order valence-electron chi connectivity index (χ0n) is 16.7. The number of esters is 1. The van der Waals surface area contributed by atoms with E-state index in [4.69, 9.17) is 14.5 Å². The molecule has 0 saturated heterocycles. The van der Waals surface area contributed by atoms with Gasteiger partial charge in [0.15, 0.2) is 0 Å². The van der Waals surface area contributed by atoms with E-state index in [9.17, 15) is 9.59 Å². The summed E-state index contributed by atoms with van der Waals surface area (Å²) in [7, 11) is 1.60. The Morgan fingerprint density at radius 3 is 2.71 bits per heavy atom. The van der Waals surface area contributed by atoms with Crippen LogP contribution in [0.1, 0.15) is 31.5 Å². The number of aryl methyl sites for hydroxylation is 1. The zero-order valence-corrected chi connectivity index (χ0v) is 18.3. The Kier molecular flexibility index (Phi) is 6.02. The van der Waals surface area contributed by atoms with Crippen molar-refractivity contribution in [1.82, 2.24) is 9.55 Å². The normalized spacial score (nSPS) is 11.9. The van der Waals surface area contributed by atoms with Gasteiger partial charge in [-0.2, -0.15) is 0 Å². The van der Waals surface area contributed by atoms with Gasteiger partial charge in [-0.05, 0) is 39.1 Å². The molecule has 6 nitrogen and oxygen atoms in total. The van der Waals surface area contributed by atoms with Crippen LogP contribution < -0.4 is 5.56 Å². The third kappa shape index (κ3) is 3.52. The largest absolute Gasteiger partial charge is 0.464 e. The molecule has 3 aromatic heterocycles. The molecule has 0 saturated carbocycles. The Labute approximate surface area is 171 Å². The van der Waals surface area contributed by atoms with Crippen LogP contribution in [0.25, 0.3) is 20.7 Å². The summed E-state index contributed by atoms with van der Waals surface area (Å²) in [5.41, 5.74) is -0.499. The van der Waals surface area contributed by atoms with Crippen LogP contribution in [0.15, 0.2) is 22.3 Å². The predicted octanol–water partition coefficient (Wildman–Crippen LogP) is 3.98. The van der Waals surface area contributed by atoms with Crippen molar-refractivity contribution in [3.8, 4) is 10.4 Å². The lowest BCUT2D eigenvalue weighted by atomic mass is 10.0. The van der Waals surface area contributed by atoms with Crippen molar-refractivity contribution in [2.24, 2.45) is 0 Å². The number of carbonyl (C=O) groups excluding carboxylic acids is 1. The highest BCUT2D eigenvalue weighted by Crippen LogP contribution is 2.38. The quantitative estimate of drug-likeness (QED) is 0.541. The summed E-state index contributed by atoms with van der Waals surface area (Å²) >= 11 is 3.09. The average Bonchev–Trinajstić information content (AvgIpc) is 3.26. The van der Waals surface area contributed by atoms with Crippen molar-refractivity contribution in [1.29, 1.82) is 0 Å². The molecule has 0 N–H and O–H groups in total. The van der Waals surface area contributed by atoms with Gasteiger partial charge in [-0.1, -0.05) is 6.07 Å². The summed E-state index contributed by atoms with van der Waals surface area (Å²) in [5, 5.41) is 2.54. The third-order valence-electron chi connectivity index (χ3n) is 4.60. The average molecular weight is 421 g/mol. The molecule has 0 amide bonds. The Balaban J connectivity index is 2.34. The highest BCUT2D eigenvalue weighted by Gasteiger charge is 2.36. The maximum Gasteiger partial charge on any atom is 0.331 e. The number of ether oxygens (including phenoxy) is 2. The molecule has 0 aliphatic carbocycles. The van der Waals surface area contributed by atoms with Gasteiger partial charge in [-0.25, -0.2) is 9.78 Å². The van der Waals surface area contributed by atoms with Gasteiger partial charge < -0.3 is 9.47 Å². The topological polar surface area (TPSA) is 70.4 Å². The van der Waals surface area contributed by atoms with Crippen molar-refractivity contribution in [2.45, 2.75) is 39.7 Å². The highest BCUT2D eigenvalue weighted by molar-refractivity contribution is 7.20. The monoisotopic (exact) mass is 420 g/mol. The summed E-state index contributed by atoms with van der Waals surface area (Å²) in [6, 6.07) is 3.96. The number of aromatic nitrogens is 2. The van der Waals surface area contributed by atoms with Gasteiger partial charge in [0.05, 0.1) is 18.6 Å². The molecule has 3 heterocycles. The Morgan fingerprint density at radius 1 is 1.36 bits per heavy atom. The molecular weight excluding hydrogens is 396 g/mol. The van der Waals surface area contributed by atoms with Crippen molar-refractivity contribution >= 4 is 38.9 Å². The summed E-state index contributed by atoms with van der Waals surface area (Å²) in [6.07, 6.45) is 0.426. The highest BCUT2D eigenvalue weighted by atomic mass is 32.1. The molecule has 0 bridgehead atoms. The van der Waals surface area contributed by atoms with Crippen LogP contribution in [-0.2, 0) is 26.2 Å². The lowest BCUT2D eigenvalue weighted by Crippen LogP contribution is -2.46. The first-order valence-electron chi connectivity index (χ1n) is 9.08. The lowest BCUT2D eigenvalue weighted by Gasteiger charge is -2.27. The molecule has 0 fully saturated rings. The van der Waals surface area contributed by atoms with Gasteiger partial charge >= 0.3 is 5.97 Å². The number of thiophene rings is 2. The number of nitrogens with zero attached hydrogens (tertiary/aromatic N) is 2. The van der Waals surface area contributed by atoms with Gasteiger partial charge in [-0.3, -0.25) is 9.36 Å². The first-order chi connectivity index (χ1) is 13.3. The molecule has 0 aliphatic rings. The van der Waals surface area contributed by atoms with Crippen molar-refractivity contribution in [3.05, 3.63) is 38.6 Å². The Bertz CT molecular complexity index is 1050. The molecule has 0 radical (unpaired) electrons. The Morgan fingerprint density at radius 2 is 2.11 bits per heavy atom. The number of methoxy groups -OCH3 is 1. The van der Waals surface area contributed by atoms with Gasteiger partial charge in [0.2, 0.25) is 0 Å². The minimum Gasteiger partial charge on any atom is -0.464 e. The van der Waals surface area contributed by atoms with Crippen LogP contribution in [0, 0.1) is 6.92 Å². The van der Waals surface area contributed by atoms with E-state index in [1.165, 1.54) is 15.9 Å². The second-order valence-corrected chi connectivity index (χ2v) is 9.03. The van der Waals surface area contributed by atoms with Gasteiger partial charge in [0.25, 0.3) is 5.56 Å². The molecule has 28 heavy (non-hydrogen) atoms. The molecular formula is C20H24N2O4S2. The molecule has 3 aromatic rings. The zero-order chi connectivity index (χ0) is 20.5. The number of rotatable bonds is 7. The number of hydrogen-bond acceptors (Lipinski definition) is 7. The van der Waals surface area contributed by atoms with Crippen LogP contribution in [0.2, 0.25) is 0 Å². The number of carbonyl (C=O) groups is 1. The molecule has 0 spiro atoms. The summed E-state index contributed by atoms with van der Waals surface area (Å²) in [4.78, 5) is 33.9. The molecule has 8 heteroatoms. The van der Waals surface area contributed by atoms with Gasteiger partial charge in [-0.15, -0.1) is 22.7 Å². The standard InChI is InChI=1S/C20H24N2O4S2/c1-6-26-19(24)20(3,4)22-14(9-10-25-5)21-17-16(18(22)23)15(12(2)28-17)13-8-7-11-27-13/h7-8,11H,6,9-10H2,1-5H3. The number of fused-ring (bicyclic) bond motifs is 1. The lowest BCUT2D eigenvalue weighted by molar-refractivity contribution is -0.152. The van der Waals surface area contributed by atoms with Crippen molar-refractivity contribution in [3.63, 3.8) is 0 Å². The fraction of sp³-hybridized carbons (Fsp3) is 0.450. The fourth-order valence-corrected chi connectivity index (χ4v) is 5.20. The maximum atomic E-state index is 13.7. The van der Waals surface area contributed by atoms with Gasteiger partial charge in [0, 0.05) is 28.8 Å². The minimum atomic E-state index is -1.18. The van der Waals surface area contributed by atoms with E-state index in [2.05, 4.69) is 0 Å². The first-order valence-corrected chi connectivity index (χ1v) is 10.8.